The Morgan fingerprint density at radius 3 is 2.67 bits per heavy atom. The molecular formula is C15H17NOS. The molecule has 0 spiro atoms. The van der Waals surface area contributed by atoms with Crippen molar-refractivity contribution < 1.29 is 4.79 Å². The van der Waals surface area contributed by atoms with Crippen LogP contribution in [-0.2, 0) is 11.3 Å². The third-order valence-corrected chi connectivity index (χ3v) is 3.71. The lowest BCUT2D eigenvalue weighted by Crippen LogP contribution is -2.28. The van der Waals surface area contributed by atoms with Gasteiger partial charge in [-0.1, -0.05) is 37.3 Å². The van der Waals surface area contributed by atoms with E-state index in [2.05, 4.69) is 10.7 Å². The van der Waals surface area contributed by atoms with E-state index in [1.807, 2.05) is 48.7 Å². The van der Waals surface area contributed by atoms with Crippen molar-refractivity contribution in [3.63, 3.8) is 0 Å². The van der Waals surface area contributed by atoms with Gasteiger partial charge >= 0.3 is 0 Å². The van der Waals surface area contributed by atoms with Crippen molar-refractivity contribution in [2.45, 2.75) is 25.8 Å². The molecule has 0 saturated carbocycles. The van der Waals surface area contributed by atoms with Crippen LogP contribution in [0.2, 0.25) is 0 Å². The van der Waals surface area contributed by atoms with Gasteiger partial charge in [0.05, 0.1) is 5.92 Å². The minimum atomic E-state index is -0.0511. The molecule has 1 atom stereocenters. The number of rotatable bonds is 5. The number of benzene rings is 1. The summed E-state index contributed by atoms with van der Waals surface area (Å²) in [7, 11) is 0. The van der Waals surface area contributed by atoms with Gasteiger partial charge in [-0.2, -0.15) is 11.3 Å². The summed E-state index contributed by atoms with van der Waals surface area (Å²) in [5.74, 6) is 0.0553. The zero-order chi connectivity index (χ0) is 12.8. The first-order valence-corrected chi connectivity index (χ1v) is 7.09. The fourth-order valence-corrected chi connectivity index (χ4v) is 2.63. The molecule has 2 aromatic rings. The normalized spacial score (nSPS) is 12.1. The zero-order valence-corrected chi connectivity index (χ0v) is 11.2. The van der Waals surface area contributed by atoms with Crippen LogP contribution in [0.15, 0.2) is 47.2 Å². The summed E-state index contributed by atoms with van der Waals surface area (Å²) in [6.07, 6.45) is 0.819. The summed E-state index contributed by atoms with van der Waals surface area (Å²) in [5.41, 5.74) is 2.25. The Balaban J connectivity index is 1.98. The van der Waals surface area contributed by atoms with Gasteiger partial charge < -0.3 is 5.32 Å². The second kappa shape index (κ2) is 6.36. The number of nitrogens with one attached hydrogen (secondary N) is 1. The topological polar surface area (TPSA) is 29.1 Å². The van der Waals surface area contributed by atoms with Crippen LogP contribution in [0.3, 0.4) is 0 Å². The van der Waals surface area contributed by atoms with Crippen LogP contribution in [-0.4, -0.2) is 5.91 Å². The van der Waals surface area contributed by atoms with Gasteiger partial charge in [0, 0.05) is 6.54 Å². The molecule has 0 aliphatic rings. The molecule has 3 heteroatoms. The molecule has 0 fully saturated rings. The van der Waals surface area contributed by atoms with Crippen molar-refractivity contribution in [2.24, 2.45) is 0 Å². The summed E-state index contributed by atoms with van der Waals surface area (Å²) in [5, 5.41) is 7.09. The van der Waals surface area contributed by atoms with E-state index < -0.39 is 0 Å². The highest BCUT2D eigenvalue weighted by atomic mass is 32.1. The summed E-state index contributed by atoms with van der Waals surface area (Å²) in [4.78, 5) is 12.2. The molecule has 94 valence electrons. The largest absolute Gasteiger partial charge is 0.351 e. The van der Waals surface area contributed by atoms with E-state index >= 15 is 0 Å². The van der Waals surface area contributed by atoms with Crippen LogP contribution in [0.1, 0.15) is 30.4 Å². The predicted octanol–water partition coefficient (Wildman–Crippen LogP) is 3.56. The minimum Gasteiger partial charge on any atom is -0.351 e. The monoisotopic (exact) mass is 259 g/mol. The quantitative estimate of drug-likeness (QED) is 0.874. The highest BCUT2D eigenvalue weighted by Gasteiger charge is 2.17. The number of amides is 1. The van der Waals surface area contributed by atoms with Gasteiger partial charge in [0.2, 0.25) is 5.91 Å². The summed E-state index contributed by atoms with van der Waals surface area (Å²) in [6, 6.07) is 12.0. The maximum absolute atomic E-state index is 12.2. The molecule has 18 heavy (non-hydrogen) atoms. The van der Waals surface area contributed by atoms with Crippen molar-refractivity contribution in [2.75, 3.05) is 0 Å². The molecule has 1 amide bonds. The Bertz CT molecular complexity index is 478. The average Bonchev–Trinajstić information content (AvgIpc) is 2.92. The standard InChI is InChI=1S/C15H17NOS/c1-2-14(13-6-4-3-5-7-13)15(17)16-10-12-8-9-18-11-12/h3-9,11,14H,2,10H2,1H3,(H,16,17)/t14-/m1/s1. The Morgan fingerprint density at radius 2 is 2.06 bits per heavy atom. The number of carbonyl (C=O) groups is 1. The smallest absolute Gasteiger partial charge is 0.227 e. The van der Waals surface area contributed by atoms with Gasteiger partial charge in [0.15, 0.2) is 0 Å². The Hall–Kier alpha value is -1.61. The zero-order valence-electron chi connectivity index (χ0n) is 10.4. The van der Waals surface area contributed by atoms with Crippen LogP contribution in [0.25, 0.3) is 0 Å². The number of hydrogen-bond acceptors (Lipinski definition) is 2. The number of thiophene rings is 1. The highest BCUT2D eigenvalue weighted by molar-refractivity contribution is 7.07. The minimum absolute atomic E-state index is 0.0511. The van der Waals surface area contributed by atoms with E-state index in [4.69, 9.17) is 0 Å². The molecule has 0 unspecified atom stereocenters. The molecule has 2 rings (SSSR count). The average molecular weight is 259 g/mol. The van der Waals surface area contributed by atoms with Gasteiger partial charge in [0.1, 0.15) is 0 Å². The summed E-state index contributed by atoms with van der Waals surface area (Å²) >= 11 is 1.65. The fourth-order valence-electron chi connectivity index (χ4n) is 1.96. The summed E-state index contributed by atoms with van der Waals surface area (Å²) < 4.78 is 0. The van der Waals surface area contributed by atoms with E-state index in [1.54, 1.807) is 11.3 Å². The van der Waals surface area contributed by atoms with E-state index in [1.165, 1.54) is 0 Å². The van der Waals surface area contributed by atoms with Crippen molar-refractivity contribution in [3.8, 4) is 0 Å². The second-order valence-electron chi connectivity index (χ2n) is 4.22. The molecule has 1 N–H and O–H groups in total. The van der Waals surface area contributed by atoms with E-state index in [9.17, 15) is 4.79 Å². The van der Waals surface area contributed by atoms with Crippen LogP contribution < -0.4 is 5.32 Å². The third kappa shape index (κ3) is 3.20. The van der Waals surface area contributed by atoms with Crippen molar-refractivity contribution in [3.05, 3.63) is 58.3 Å². The highest BCUT2D eigenvalue weighted by Crippen LogP contribution is 2.19. The van der Waals surface area contributed by atoms with Crippen molar-refractivity contribution >= 4 is 17.2 Å². The van der Waals surface area contributed by atoms with Crippen LogP contribution in [0.4, 0.5) is 0 Å². The maximum atomic E-state index is 12.2. The van der Waals surface area contributed by atoms with Gasteiger partial charge in [-0.25, -0.2) is 0 Å². The maximum Gasteiger partial charge on any atom is 0.227 e. The lowest BCUT2D eigenvalue weighted by molar-refractivity contribution is -0.122. The SMILES string of the molecule is CC[C@@H](C(=O)NCc1ccsc1)c1ccccc1. The third-order valence-electron chi connectivity index (χ3n) is 2.97. The van der Waals surface area contributed by atoms with Gasteiger partial charge in [-0.05, 0) is 34.4 Å². The Kier molecular flexibility index (Phi) is 4.53. The predicted molar refractivity (Wildman–Crippen MR) is 75.6 cm³/mol. The number of carbonyl (C=O) groups excluding carboxylic acids is 1. The number of hydrogen-bond donors (Lipinski definition) is 1. The Labute approximate surface area is 112 Å². The van der Waals surface area contributed by atoms with Crippen LogP contribution >= 0.6 is 11.3 Å². The van der Waals surface area contributed by atoms with Crippen LogP contribution in [0.5, 0.6) is 0 Å². The Morgan fingerprint density at radius 1 is 1.28 bits per heavy atom. The van der Waals surface area contributed by atoms with Crippen LogP contribution in [0, 0.1) is 0 Å². The van der Waals surface area contributed by atoms with Gasteiger partial charge in [0.25, 0.3) is 0 Å². The summed E-state index contributed by atoms with van der Waals surface area (Å²) in [6.45, 7) is 2.66. The molecule has 0 saturated heterocycles. The second-order valence-corrected chi connectivity index (χ2v) is 5.00. The van der Waals surface area contributed by atoms with Gasteiger partial charge in [-0.3, -0.25) is 4.79 Å². The molecule has 0 bridgehead atoms. The lowest BCUT2D eigenvalue weighted by Gasteiger charge is -2.15. The first-order valence-electron chi connectivity index (χ1n) is 6.15. The molecular weight excluding hydrogens is 242 g/mol. The first-order chi connectivity index (χ1) is 8.81. The van der Waals surface area contributed by atoms with Gasteiger partial charge in [-0.15, -0.1) is 0 Å². The molecule has 0 aliphatic heterocycles. The van der Waals surface area contributed by atoms with E-state index in [-0.39, 0.29) is 11.8 Å². The molecule has 1 aromatic carbocycles. The molecule has 2 nitrogen and oxygen atoms in total. The van der Waals surface area contributed by atoms with E-state index in [0.29, 0.717) is 6.54 Å². The lowest BCUT2D eigenvalue weighted by atomic mass is 9.95. The molecule has 0 radical (unpaired) electrons. The molecule has 0 aliphatic carbocycles. The van der Waals surface area contributed by atoms with E-state index in [0.717, 1.165) is 17.5 Å². The molecule has 1 heterocycles. The molecule has 1 aromatic heterocycles. The fraction of sp³-hybridized carbons (Fsp3) is 0.267. The first kappa shape index (κ1) is 12.8. The van der Waals surface area contributed by atoms with Crippen molar-refractivity contribution in [1.82, 2.24) is 5.32 Å². The van der Waals surface area contributed by atoms with Crippen molar-refractivity contribution in [1.29, 1.82) is 0 Å².